The molecule has 0 aliphatic heterocycles. The Morgan fingerprint density at radius 2 is 1.13 bits per heavy atom. The molecule has 0 unspecified atom stereocenters. The van der Waals surface area contributed by atoms with E-state index < -0.39 is 66.9 Å². The van der Waals surface area contributed by atoms with Crippen molar-refractivity contribution in [1.29, 1.82) is 0 Å². The molecule has 0 radical (unpaired) electrons. The first-order chi connectivity index (χ1) is 14.3. The molecule has 0 aliphatic rings. The van der Waals surface area contributed by atoms with Crippen molar-refractivity contribution in [3.8, 4) is 0 Å². The SMILES string of the molecule is CC(C)C[C@H](NC(=O)[C@H](CC(C)C)NC(=O)[C@@H](N)CC(=O)O)C(=O)N[C@@H](CO)C(=O)O. The number of carbonyl (C=O) groups is 5. The highest BCUT2D eigenvalue weighted by Gasteiger charge is 2.31. The van der Waals surface area contributed by atoms with Gasteiger partial charge >= 0.3 is 11.9 Å². The smallest absolute Gasteiger partial charge is 0.328 e. The summed E-state index contributed by atoms with van der Waals surface area (Å²) in [4.78, 5) is 59.3. The number of nitrogens with two attached hydrogens (primary N) is 1. The van der Waals surface area contributed by atoms with Gasteiger partial charge in [-0.05, 0) is 24.7 Å². The lowest BCUT2D eigenvalue weighted by molar-refractivity contribution is -0.143. The van der Waals surface area contributed by atoms with Crippen molar-refractivity contribution < 1.29 is 39.3 Å². The number of hydrogen-bond acceptors (Lipinski definition) is 7. The molecule has 4 atom stereocenters. The van der Waals surface area contributed by atoms with Crippen LogP contribution in [0.4, 0.5) is 0 Å². The Labute approximate surface area is 180 Å². The summed E-state index contributed by atoms with van der Waals surface area (Å²) < 4.78 is 0. The van der Waals surface area contributed by atoms with E-state index in [0.717, 1.165) is 0 Å². The first-order valence-corrected chi connectivity index (χ1v) is 10.0. The van der Waals surface area contributed by atoms with Crippen molar-refractivity contribution in [3.05, 3.63) is 0 Å². The molecule has 0 saturated heterocycles. The number of amides is 3. The Bertz CT molecular complexity index is 653. The van der Waals surface area contributed by atoms with Crippen LogP contribution in [0, 0.1) is 11.8 Å². The van der Waals surface area contributed by atoms with Gasteiger partial charge < -0.3 is 37.0 Å². The van der Waals surface area contributed by atoms with Crippen molar-refractivity contribution in [2.24, 2.45) is 17.6 Å². The molecule has 178 valence electrons. The molecule has 12 heteroatoms. The third kappa shape index (κ3) is 11.3. The Hall–Kier alpha value is -2.73. The van der Waals surface area contributed by atoms with Gasteiger partial charge in [-0.15, -0.1) is 0 Å². The fourth-order valence-corrected chi connectivity index (χ4v) is 2.70. The summed E-state index contributed by atoms with van der Waals surface area (Å²) >= 11 is 0. The van der Waals surface area contributed by atoms with Gasteiger partial charge in [-0.1, -0.05) is 27.7 Å². The number of nitrogens with one attached hydrogen (secondary N) is 3. The van der Waals surface area contributed by atoms with Crippen molar-refractivity contribution >= 4 is 29.7 Å². The van der Waals surface area contributed by atoms with Crippen LogP contribution in [-0.4, -0.2) is 75.8 Å². The molecule has 0 aromatic rings. The molecule has 0 spiro atoms. The number of carboxylic acids is 2. The van der Waals surface area contributed by atoms with Gasteiger partial charge in [0.15, 0.2) is 0 Å². The Kier molecular flexibility index (Phi) is 12.4. The number of aliphatic hydroxyl groups excluding tert-OH is 1. The third-order valence-corrected chi connectivity index (χ3v) is 4.21. The fourth-order valence-electron chi connectivity index (χ4n) is 2.70. The van der Waals surface area contributed by atoms with Gasteiger partial charge in [0.25, 0.3) is 0 Å². The van der Waals surface area contributed by atoms with E-state index in [4.69, 9.17) is 21.1 Å². The molecule has 0 heterocycles. The van der Waals surface area contributed by atoms with Crippen LogP contribution in [0.2, 0.25) is 0 Å². The van der Waals surface area contributed by atoms with E-state index in [9.17, 15) is 24.0 Å². The summed E-state index contributed by atoms with van der Waals surface area (Å²) in [5.74, 6) is -5.08. The van der Waals surface area contributed by atoms with Crippen molar-refractivity contribution in [1.82, 2.24) is 16.0 Å². The topological polar surface area (TPSA) is 208 Å². The minimum absolute atomic E-state index is 0.0325. The molecule has 0 aromatic heterocycles. The summed E-state index contributed by atoms with van der Waals surface area (Å²) in [6.45, 7) is 6.38. The molecule has 0 aromatic carbocycles. The quantitative estimate of drug-likeness (QED) is 0.164. The average molecular weight is 447 g/mol. The molecular weight excluding hydrogens is 412 g/mol. The van der Waals surface area contributed by atoms with Crippen LogP contribution in [0.5, 0.6) is 0 Å². The average Bonchev–Trinajstić information content (AvgIpc) is 2.62. The van der Waals surface area contributed by atoms with Gasteiger partial charge in [-0.2, -0.15) is 0 Å². The maximum Gasteiger partial charge on any atom is 0.328 e. The Balaban J connectivity index is 5.43. The van der Waals surface area contributed by atoms with E-state index in [-0.39, 0.29) is 24.7 Å². The molecule has 0 bridgehead atoms. The summed E-state index contributed by atoms with van der Waals surface area (Å²) in [5, 5.41) is 34.0. The second kappa shape index (κ2) is 13.5. The summed E-state index contributed by atoms with van der Waals surface area (Å²) in [7, 11) is 0. The molecular formula is C19H34N4O8. The van der Waals surface area contributed by atoms with Gasteiger partial charge in [-0.3, -0.25) is 19.2 Å². The van der Waals surface area contributed by atoms with Gasteiger partial charge in [0.05, 0.1) is 19.1 Å². The van der Waals surface area contributed by atoms with E-state index >= 15 is 0 Å². The maximum absolute atomic E-state index is 12.8. The van der Waals surface area contributed by atoms with Crippen molar-refractivity contribution in [2.75, 3.05) is 6.61 Å². The van der Waals surface area contributed by atoms with Crippen LogP contribution in [0.15, 0.2) is 0 Å². The molecule has 0 saturated carbocycles. The van der Waals surface area contributed by atoms with E-state index in [2.05, 4.69) is 16.0 Å². The number of hydrogen-bond donors (Lipinski definition) is 7. The van der Waals surface area contributed by atoms with Crippen LogP contribution < -0.4 is 21.7 Å². The first-order valence-electron chi connectivity index (χ1n) is 10.0. The normalized spacial score (nSPS) is 15.0. The summed E-state index contributed by atoms with van der Waals surface area (Å²) in [6.07, 6.45) is -0.240. The lowest BCUT2D eigenvalue weighted by Gasteiger charge is -2.26. The molecule has 8 N–H and O–H groups in total. The van der Waals surface area contributed by atoms with Gasteiger partial charge in [0.2, 0.25) is 17.7 Å². The highest BCUT2D eigenvalue weighted by Crippen LogP contribution is 2.09. The van der Waals surface area contributed by atoms with Crippen LogP contribution in [0.1, 0.15) is 47.0 Å². The molecule has 3 amide bonds. The van der Waals surface area contributed by atoms with E-state index in [1.165, 1.54) is 0 Å². The molecule has 31 heavy (non-hydrogen) atoms. The van der Waals surface area contributed by atoms with E-state index in [1.54, 1.807) is 27.7 Å². The Morgan fingerprint density at radius 1 is 0.742 bits per heavy atom. The number of rotatable bonds is 14. The predicted molar refractivity (Wildman–Crippen MR) is 110 cm³/mol. The molecule has 0 aliphatic carbocycles. The standard InChI is InChI=1S/C19H34N4O8/c1-9(2)5-12(21-16(27)11(20)7-15(25)26)17(28)22-13(6-10(3)4)18(29)23-14(8-24)19(30)31/h9-14,24H,5-8,20H2,1-4H3,(H,21,27)(H,22,28)(H,23,29)(H,25,26)(H,30,31)/t11-,12-,13-,14-/m0/s1. The zero-order valence-electron chi connectivity index (χ0n) is 18.3. The van der Waals surface area contributed by atoms with Gasteiger partial charge in [0.1, 0.15) is 18.1 Å². The highest BCUT2D eigenvalue weighted by molar-refractivity contribution is 5.94. The van der Waals surface area contributed by atoms with Crippen LogP contribution in [0.25, 0.3) is 0 Å². The zero-order chi connectivity index (χ0) is 24.3. The summed E-state index contributed by atoms with van der Waals surface area (Å²) in [6, 6.07) is -5.07. The van der Waals surface area contributed by atoms with Crippen molar-refractivity contribution in [2.45, 2.75) is 71.1 Å². The number of aliphatic hydroxyl groups is 1. The van der Waals surface area contributed by atoms with Gasteiger partial charge in [0, 0.05) is 0 Å². The molecule has 0 fully saturated rings. The van der Waals surface area contributed by atoms with E-state index in [1.807, 2.05) is 0 Å². The first kappa shape index (κ1) is 28.3. The van der Waals surface area contributed by atoms with Crippen LogP contribution >= 0.6 is 0 Å². The lowest BCUT2D eigenvalue weighted by Crippen LogP contribution is -2.58. The number of carbonyl (C=O) groups excluding carboxylic acids is 3. The van der Waals surface area contributed by atoms with Crippen LogP contribution in [0.3, 0.4) is 0 Å². The second-order valence-electron chi connectivity index (χ2n) is 8.17. The minimum Gasteiger partial charge on any atom is -0.481 e. The fraction of sp³-hybridized carbons (Fsp3) is 0.737. The largest absolute Gasteiger partial charge is 0.481 e. The van der Waals surface area contributed by atoms with Gasteiger partial charge in [-0.25, -0.2) is 4.79 Å². The van der Waals surface area contributed by atoms with E-state index in [0.29, 0.717) is 0 Å². The zero-order valence-corrected chi connectivity index (χ0v) is 18.3. The minimum atomic E-state index is -1.53. The molecule has 12 nitrogen and oxygen atoms in total. The number of aliphatic carboxylic acids is 2. The Morgan fingerprint density at radius 3 is 1.45 bits per heavy atom. The van der Waals surface area contributed by atoms with Crippen LogP contribution in [-0.2, 0) is 24.0 Å². The monoisotopic (exact) mass is 446 g/mol. The lowest BCUT2D eigenvalue weighted by atomic mass is 9.99. The second-order valence-corrected chi connectivity index (χ2v) is 8.17. The third-order valence-electron chi connectivity index (χ3n) is 4.21. The summed E-state index contributed by atoms with van der Waals surface area (Å²) in [5.41, 5.74) is 5.54. The molecule has 0 rings (SSSR count). The highest BCUT2D eigenvalue weighted by atomic mass is 16.4. The number of carboxylic acid groups (broad SMARTS) is 2. The predicted octanol–water partition coefficient (Wildman–Crippen LogP) is -1.59. The van der Waals surface area contributed by atoms with Crippen molar-refractivity contribution in [3.63, 3.8) is 0 Å². The maximum atomic E-state index is 12.8.